The first-order valence-electron chi connectivity index (χ1n) is 6.77. The van der Waals surface area contributed by atoms with Gasteiger partial charge in [-0.3, -0.25) is 4.90 Å². The van der Waals surface area contributed by atoms with E-state index in [9.17, 15) is 4.79 Å². The van der Waals surface area contributed by atoms with Crippen molar-refractivity contribution in [2.45, 2.75) is 44.8 Å². The average Bonchev–Trinajstić information content (AvgIpc) is 2.86. The molecule has 0 aliphatic carbocycles. The van der Waals surface area contributed by atoms with E-state index in [1.807, 2.05) is 6.92 Å². The standard InChI is InChI=1S/C14H22N2O3/c1-10(15)12-5-3-4-7-16(12)9-13-11(6-8-19-13)14(17)18-2/h6,8,10,12H,3-5,7,9,15H2,1-2H3. The Labute approximate surface area is 113 Å². The van der Waals surface area contributed by atoms with Crippen LogP contribution in [0.3, 0.4) is 0 Å². The molecule has 1 fully saturated rings. The van der Waals surface area contributed by atoms with Gasteiger partial charge >= 0.3 is 5.97 Å². The highest BCUT2D eigenvalue weighted by Crippen LogP contribution is 2.23. The third kappa shape index (κ3) is 3.16. The van der Waals surface area contributed by atoms with Gasteiger partial charge < -0.3 is 14.9 Å². The van der Waals surface area contributed by atoms with Gasteiger partial charge in [0.25, 0.3) is 0 Å². The number of carbonyl (C=O) groups excluding carboxylic acids is 1. The highest BCUT2D eigenvalue weighted by molar-refractivity contribution is 5.90. The number of ether oxygens (including phenoxy) is 1. The Balaban J connectivity index is 2.11. The second kappa shape index (κ2) is 6.21. The molecule has 2 unspecified atom stereocenters. The molecule has 0 bridgehead atoms. The van der Waals surface area contributed by atoms with E-state index in [1.165, 1.54) is 19.8 Å². The van der Waals surface area contributed by atoms with Crippen LogP contribution in [0, 0.1) is 0 Å². The van der Waals surface area contributed by atoms with Crippen LogP contribution in [0.25, 0.3) is 0 Å². The molecular formula is C14H22N2O3. The van der Waals surface area contributed by atoms with Crippen LogP contribution in [-0.4, -0.2) is 36.6 Å². The van der Waals surface area contributed by atoms with Gasteiger partial charge in [0.15, 0.2) is 0 Å². The van der Waals surface area contributed by atoms with Crippen LogP contribution in [0.15, 0.2) is 16.7 Å². The number of carbonyl (C=O) groups is 1. The summed E-state index contributed by atoms with van der Waals surface area (Å²) in [6.45, 7) is 3.64. The predicted octanol–water partition coefficient (Wildman–Crippen LogP) is 1.77. The Kier molecular flexibility index (Phi) is 4.61. The van der Waals surface area contributed by atoms with E-state index in [0.717, 1.165) is 19.4 Å². The summed E-state index contributed by atoms with van der Waals surface area (Å²) in [5.41, 5.74) is 6.56. The lowest BCUT2D eigenvalue weighted by atomic mass is 9.96. The minimum Gasteiger partial charge on any atom is -0.467 e. The maximum absolute atomic E-state index is 11.6. The first-order chi connectivity index (χ1) is 9.13. The lowest BCUT2D eigenvalue weighted by Gasteiger charge is -2.37. The van der Waals surface area contributed by atoms with Gasteiger partial charge in [-0.25, -0.2) is 4.79 Å². The first kappa shape index (κ1) is 14.1. The lowest BCUT2D eigenvalue weighted by Crippen LogP contribution is -2.48. The van der Waals surface area contributed by atoms with Gasteiger partial charge in [0.05, 0.1) is 19.9 Å². The number of nitrogens with zero attached hydrogens (tertiary/aromatic N) is 1. The summed E-state index contributed by atoms with van der Waals surface area (Å²) in [5, 5.41) is 0. The van der Waals surface area contributed by atoms with Crippen LogP contribution in [0.1, 0.15) is 42.3 Å². The zero-order valence-electron chi connectivity index (χ0n) is 11.6. The summed E-state index contributed by atoms with van der Waals surface area (Å²) in [5.74, 6) is 0.317. The van der Waals surface area contributed by atoms with Crippen molar-refractivity contribution < 1.29 is 13.9 Å². The Hall–Kier alpha value is -1.33. The number of methoxy groups -OCH3 is 1. The van der Waals surface area contributed by atoms with Crippen molar-refractivity contribution in [3.8, 4) is 0 Å². The first-order valence-corrected chi connectivity index (χ1v) is 6.77. The molecule has 0 spiro atoms. The summed E-state index contributed by atoms with van der Waals surface area (Å²) in [7, 11) is 1.38. The fourth-order valence-electron chi connectivity index (χ4n) is 2.75. The van der Waals surface area contributed by atoms with E-state index in [4.69, 9.17) is 14.9 Å². The molecule has 1 aliphatic rings. The number of rotatable bonds is 4. The quantitative estimate of drug-likeness (QED) is 0.841. The van der Waals surface area contributed by atoms with Crippen molar-refractivity contribution in [3.05, 3.63) is 23.7 Å². The zero-order valence-corrected chi connectivity index (χ0v) is 11.6. The lowest BCUT2D eigenvalue weighted by molar-refractivity contribution is 0.0592. The molecule has 1 saturated heterocycles. The topological polar surface area (TPSA) is 68.7 Å². The van der Waals surface area contributed by atoms with Crippen LogP contribution >= 0.6 is 0 Å². The third-order valence-corrected chi connectivity index (χ3v) is 3.77. The van der Waals surface area contributed by atoms with Crippen molar-refractivity contribution in [2.24, 2.45) is 5.73 Å². The van der Waals surface area contributed by atoms with E-state index in [2.05, 4.69) is 4.90 Å². The van der Waals surface area contributed by atoms with Crippen molar-refractivity contribution in [3.63, 3.8) is 0 Å². The van der Waals surface area contributed by atoms with Crippen molar-refractivity contribution in [1.29, 1.82) is 0 Å². The summed E-state index contributed by atoms with van der Waals surface area (Å²) >= 11 is 0. The Morgan fingerprint density at radius 3 is 3.11 bits per heavy atom. The van der Waals surface area contributed by atoms with Gasteiger partial charge in [0.2, 0.25) is 0 Å². The molecule has 1 aromatic heterocycles. The van der Waals surface area contributed by atoms with Gasteiger partial charge in [0, 0.05) is 12.1 Å². The van der Waals surface area contributed by atoms with Crippen LogP contribution < -0.4 is 5.73 Å². The largest absolute Gasteiger partial charge is 0.467 e. The molecule has 2 atom stereocenters. The third-order valence-electron chi connectivity index (χ3n) is 3.77. The molecular weight excluding hydrogens is 244 g/mol. The molecule has 0 amide bonds. The molecule has 2 heterocycles. The zero-order chi connectivity index (χ0) is 13.8. The summed E-state index contributed by atoms with van der Waals surface area (Å²) in [6, 6.07) is 2.13. The minimum atomic E-state index is -0.349. The number of hydrogen-bond acceptors (Lipinski definition) is 5. The van der Waals surface area contributed by atoms with Crippen LogP contribution in [0.4, 0.5) is 0 Å². The number of esters is 1. The fourth-order valence-corrected chi connectivity index (χ4v) is 2.75. The molecule has 5 nitrogen and oxygen atoms in total. The second-order valence-corrected chi connectivity index (χ2v) is 5.14. The fraction of sp³-hybridized carbons (Fsp3) is 0.643. The highest BCUT2D eigenvalue weighted by atomic mass is 16.5. The van der Waals surface area contributed by atoms with Crippen molar-refractivity contribution in [2.75, 3.05) is 13.7 Å². The summed E-state index contributed by atoms with van der Waals surface area (Å²) in [4.78, 5) is 13.9. The number of likely N-dealkylation sites (tertiary alicyclic amines) is 1. The molecule has 0 saturated carbocycles. The number of piperidine rings is 1. The van der Waals surface area contributed by atoms with Crippen LogP contribution in [0.5, 0.6) is 0 Å². The van der Waals surface area contributed by atoms with Gasteiger partial charge in [-0.05, 0) is 32.4 Å². The number of furan rings is 1. The molecule has 0 radical (unpaired) electrons. The van der Waals surface area contributed by atoms with Crippen molar-refractivity contribution >= 4 is 5.97 Å². The molecule has 106 valence electrons. The molecule has 5 heteroatoms. The highest BCUT2D eigenvalue weighted by Gasteiger charge is 2.27. The smallest absolute Gasteiger partial charge is 0.341 e. The molecule has 2 N–H and O–H groups in total. The SMILES string of the molecule is COC(=O)c1ccoc1CN1CCCCC1C(C)N. The van der Waals surface area contributed by atoms with Gasteiger partial charge in [-0.2, -0.15) is 0 Å². The second-order valence-electron chi connectivity index (χ2n) is 5.14. The Bertz CT molecular complexity index is 428. The monoisotopic (exact) mass is 266 g/mol. The van der Waals surface area contributed by atoms with E-state index in [-0.39, 0.29) is 12.0 Å². The van der Waals surface area contributed by atoms with Gasteiger partial charge in [0.1, 0.15) is 11.3 Å². The van der Waals surface area contributed by atoms with E-state index >= 15 is 0 Å². The maximum Gasteiger partial charge on any atom is 0.341 e. The van der Waals surface area contributed by atoms with E-state index < -0.39 is 0 Å². The van der Waals surface area contributed by atoms with E-state index in [1.54, 1.807) is 6.07 Å². The Morgan fingerprint density at radius 2 is 2.42 bits per heavy atom. The number of hydrogen-bond donors (Lipinski definition) is 1. The van der Waals surface area contributed by atoms with Gasteiger partial charge in [-0.15, -0.1) is 0 Å². The normalized spacial score (nSPS) is 22.2. The molecule has 1 aromatic rings. The number of nitrogens with two attached hydrogens (primary N) is 1. The minimum absolute atomic E-state index is 0.122. The van der Waals surface area contributed by atoms with Gasteiger partial charge in [-0.1, -0.05) is 6.42 Å². The molecule has 19 heavy (non-hydrogen) atoms. The summed E-state index contributed by atoms with van der Waals surface area (Å²) in [6.07, 6.45) is 5.01. The molecule has 0 aromatic carbocycles. The Morgan fingerprint density at radius 1 is 1.63 bits per heavy atom. The van der Waals surface area contributed by atoms with Crippen LogP contribution in [0.2, 0.25) is 0 Å². The summed E-state index contributed by atoms with van der Waals surface area (Å²) < 4.78 is 10.2. The van der Waals surface area contributed by atoms with E-state index in [0.29, 0.717) is 23.9 Å². The van der Waals surface area contributed by atoms with Crippen molar-refractivity contribution in [1.82, 2.24) is 4.90 Å². The predicted molar refractivity (Wildman–Crippen MR) is 71.7 cm³/mol. The molecule has 2 rings (SSSR count). The maximum atomic E-state index is 11.6. The molecule has 1 aliphatic heterocycles. The van der Waals surface area contributed by atoms with Crippen LogP contribution in [-0.2, 0) is 11.3 Å². The average molecular weight is 266 g/mol.